The molecule has 2 aliphatic carbocycles. The van der Waals surface area contributed by atoms with E-state index in [1.165, 1.54) is 19.3 Å². The van der Waals surface area contributed by atoms with Gasteiger partial charge in [0.1, 0.15) is 0 Å². The summed E-state index contributed by atoms with van der Waals surface area (Å²) in [6.07, 6.45) is 6.66. The molecule has 2 saturated carbocycles. The highest BCUT2D eigenvalue weighted by molar-refractivity contribution is 5.86. The van der Waals surface area contributed by atoms with Gasteiger partial charge in [0.2, 0.25) is 5.91 Å². The van der Waals surface area contributed by atoms with Crippen LogP contribution in [0.1, 0.15) is 45.4 Å². The van der Waals surface area contributed by atoms with Gasteiger partial charge >= 0.3 is 0 Å². The average Bonchev–Trinajstić information content (AvgIpc) is 2.57. The summed E-state index contributed by atoms with van der Waals surface area (Å²) in [6, 6.07) is 0. The molecule has 0 heterocycles. The van der Waals surface area contributed by atoms with Crippen LogP contribution in [0.25, 0.3) is 0 Å². The molecule has 2 aliphatic rings. The molecule has 2 rings (SSSR count). The van der Waals surface area contributed by atoms with Crippen LogP contribution in [0.5, 0.6) is 0 Å². The summed E-state index contributed by atoms with van der Waals surface area (Å²) >= 11 is 0. The van der Waals surface area contributed by atoms with E-state index in [2.05, 4.69) is 12.2 Å². The number of nitrogens with two attached hydrogens (primary N) is 1. The smallest absolute Gasteiger partial charge is 0.240 e. The highest BCUT2D eigenvalue weighted by Crippen LogP contribution is 2.31. The second kappa shape index (κ2) is 4.12. The molecule has 0 aromatic rings. The number of nitrogens with one attached hydrogen (secondary N) is 1. The van der Waals surface area contributed by atoms with Crippen LogP contribution >= 0.6 is 0 Å². The molecule has 0 aliphatic heterocycles. The summed E-state index contributed by atoms with van der Waals surface area (Å²) in [6.45, 7) is 3.13. The van der Waals surface area contributed by atoms with E-state index in [-0.39, 0.29) is 5.91 Å². The molecule has 0 aromatic heterocycles. The van der Waals surface area contributed by atoms with Gasteiger partial charge < -0.3 is 11.1 Å². The van der Waals surface area contributed by atoms with Gasteiger partial charge in [0.15, 0.2) is 0 Å². The second-order valence-electron chi connectivity index (χ2n) is 5.50. The number of amides is 1. The lowest BCUT2D eigenvalue weighted by atomic mass is 9.77. The number of carbonyl (C=O) groups excluding carboxylic acids is 1. The summed E-state index contributed by atoms with van der Waals surface area (Å²) in [5, 5.41) is 3.02. The Bertz CT molecular complexity index is 248. The van der Waals surface area contributed by atoms with Crippen molar-refractivity contribution in [3.05, 3.63) is 0 Å². The minimum Gasteiger partial charge on any atom is -0.354 e. The topological polar surface area (TPSA) is 55.1 Å². The van der Waals surface area contributed by atoms with Crippen LogP contribution in [0.4, 0.5) is 0 Å². The summed E-state index contributed by atoms with van der Waals surface area (Å²) < 4.78 is 0. The largest absolute Gasteiger partial charge is 0.354 e. The molecule has 3 heteroatoms. The van der Waals surface area contributed by atoms with E-state index in [0.29, 0.717) is 5.92 Å². The third-order valence-corrected chi connectivity index (χ3v) is 4.05. The van der Waals surface area contributed by atoms with E-state index in [1.54, 1.807) is 0 Å². The van der Waals surface area contributed by atoms with Crippen molar-refractivity contribution < 1.29 is 4.79 Å². The Hall–Kier alpha value is -0.570. The van der Waals surface area contributed by atoms with E-state index in [0.717, 1.165) is 31.7 Å². The van der Waals surface area contributed by atoms with Gasteiger partial charge in [-0.2, -0.15) is 0 Å². The summed E-state index contributed by atoms with van der Waals surface area (Å²) in [4.78, 5) is 11.7. The molecule has 2 unspecified atom stereocenters. The van der Waals surface area contributed by atoms with Crippen molar-refractivity contribution in [2.45, 2.75) is 51.0 Å². The van der Waals surface area contributed by atoms with Crippen molar-refractivity contribution in [3.63, 3.8) is 0 Å². The molecule has 15 heavy (non-hydrogen) atoms. The fourth-order valence-electron chi connectivity index (χ4n) is 2.71. The van der Waals surface area contributed by atoms with Crippen LogP contribution in [0.2, 0.25) is 0 Å². The molecular weight excluding hydrogens is 188 g/mol. The lowest BCUT2D eigenvalue weighted by Gasteiger charge is -2.36. The minimum absolute atomic E-state index is 0.0771. The van der Waals surface area contributed by atoms with Gasteiger partial charge in [-0.15, -0.1) is 0 Å². The molecule has 2 fully saturated rings. The lowest BCUT2D eigenvalue weighted by Crippen LogP contribution is -2.58. The van der Waals surface area contributed by atoms with Gasteiger partial charge in [-0.05, 0) is 43.9 Å². The first-order valence-corrected chi connectivity index (χ1v) is 6.17. The number of hydrogen-bond donors (Lipinski definition) is 2. The first-order chi connectivity index (χ1) is 7.10. The fourth-order valence-corrected chi connectivity index (χ4v) is 2.71. The van der Waals surface area contributed by atoms with Gasteiger partial charge in [0.05, 0.1) is 5.54 Å². The molecule has 3 N–H and O–H groups in total. The predicted molar refractivity (Wildman–Crippen MR) is 60.3 cm³/mol. The summed E-state index contributed by atoms with van der Waals surface area (Å²) in [7, 11) is 0. The number of carbonyl (C=O) groups is 1. The zero-order valence-corrected chi connectivity index (χ0v) is 9.59. The Morgan fingerprint density at radius 2 is 2.20 bits per heavy atom. The standard InChI is InChI=1S/C12H22N2O/c1-9-3-4-10(7-9)8-14-11(15)12(13)5-2-6-12/h9-10H,2-8,13H2,1H3,(H,14,15). The molecule has 0 bridgehead atoms. The number of rotatable bonds is 3. The first kappa shape index (κ1) is 10.9. The van der Waals surface area contributed by atoms with Crippen LogP contribution in [0, 0.1) is 11.8 Å². The van der Waals surface area contributed by atoms with Crippen LogP contribution < -0.4 is 11.1 Å². The number of hydrogen-bond acceptors (Lipinski definition) is 2. The van der Waals surface area contributed by atoms with E-state index in [1.807, 2.05) is 0 Å². The van der Waals surface area contributed by atoms with Crippen LogP contribution in [-0.2, 0) is 4.79 Å². The second-order valence-corrected chi connectivity index (χ2v) is 5.50. The Kier molecular flexibility index (Phi) is 3.01. The maximum atomic E-state index is 11.7. The van der Waals surface area contributed by atoms with Crippen LogP contribution in [0.15, 0.2) is 0 Å². The molecule has 2 atom stereocenters. The van der Waals surface area contributed by atoms with Crippen molar-refractivity contribution in [2.75, 3.05) is 6.54 Å². The van der Waals surface area contributed by atoms with Crippen molar-refractivity contribution in [3.8, 4) is 0 Å². The minimum atomic E-state index is -0.524. The normalized spacial score (nSPS) is 33.5. The van der Waals surface area contributed by atoms with Crippen molar-refractivity contribution in [1.82, 2.24) is 5.32 Å². The van der Waals surface area contributed by atoms with E-state index in [4.69, 9.17) is 5.73 Å². The van der Waals surface area contributed by atoms with Crippen molar-refractivity contribution in [2.24, 2.45) is 17.6 Å². The van der Waals surface area contributed by atoms with E-state index < -0.39 is 5.54 Å². The van der Waals surface area contributed by atoms with Gasteiger partial charge in [-0.1, -0.05) is 13.3 Å². The predicted octanol–water partition coefficient (Wildman–Crippen LogP) is 1.42. The van der Waals surface area contributed by atoms with Crippen molar-refractivity contribution >= 4 is 5.91 Å². The van der Waals surface area contributed by atoms with Crippen LogP contribution in [0.3, 0.4) is 0 Å². The molecule has 3 nitrogen and oxygen atoms in total. The maximum absolute atomic E-state index is 11.7. The van der Waals surface area contributed by atoms with Gasteiger partial charge in [0, 0.05) is 6.54 Å². The van der Waals surface area contributed by atoms with Crippen molar-refractivity contribution in [1.29, 1.82) is 0 Å². The monoisotopic (exact) mass is 210 g/mol. The lowest BCUT2D eigenvalue weighted by molar-refractivity contribution is -0.129. The van der Waals surface area contributed by atoms with E-state index in [9.17, 15) is 4.79 Å². The quantitative estimate of drug-likeness (QED) is 0.740. The van der Waals surface area contributed by atoms with E-state index >= 15 is 0 Å². The summed E-state index contributed by atoms with van der Waals surface area (Å²) in [5.41, 5.74) is 5.42. The average molecular weight is 210 g/mol. The van der Waals surface area contributed by atoms with Gasteiger partial charge in [-0.3, -0.25) is 4.79 Å². The molecule has 86 valence electrons. The van der Waals surface area contributed by atoms with Gasteiger partial charge in [0.25, 0.3) is 0 Å². The van der Waals surface area contributed by atoms with Crippen LogP contribution in [-0.4, -0.2) is 18.0 Å². The SMILES string of the molecule is CC1CCC(CNC(=O)C2(N)CCC2)C1. The molecule has 0 spiro atoms. The Morgan fingerprint density at radius 3 is 2.67 bits per heavy atom. The molecule has 0 saturated heterocycles. The highest BCUT2D eigenvalue weighted by Gasteiger charge is 2.40. The third kappa shape index (κ3) is 2.33. The zero-order valence-electron chi connectivity index (χ0n) is 9.59. The Labute approximate surface area is 91.8 Å². The van der Waals surface area contributed by atoms with Gasteiger partial charge in [-0.25, -0.2) is 0 Å². The Balaban J connectivity index is 1.71. The zero-order chi connectivity index (χ0) is 10.9. The first-order valence-electron chi connectivity index (χ1n) is 6.17. The summed E-state index contributed by atoms with van der Waals surface area (Å²) in [5.74, 6) is 1.60. The molecule has 1 amide bonds. The maximum Gasteiger partial charge on any atom is 0.240 e. The molecule has 0 radical (unpaired) electrons. The fraction of sp³-hybridized carbons (Fsp3) is 0.917. The Morgan fingerprint density at radius 1 is 1.47 bits per heavy atom. The molecule has 0 aromatic carbocycles. The highest BCUT2D eigenvalue weighted by atomic mass is 16.2. The molecular formula is C12H22N2O. The third-order valence-electron chi connectivity index (χ3n) is 4.05.